The zero-order valence-electron chi connectivity index (χ0n) is 13.0. The van der Waals surface area contributed by atoms with E-state index in [-0.39, 0.29) is 0 Å². The van der Waals surface area contributed by atoms with Crippen LogP contribution in [0.2, 0.25) is 0 Å². The summed E-state index contributed by atoms with van der Waals surface area (Å²) in [6.45, 7) is 4.44. The molecule has 1 atom stereocenters. The quantitative estimate of drug-likeness (QED) is 0.755. The van der Waals surface area contributed by atoms with Crippen LogP contribution in [0, 0.1) is 25.2 Å². The Morgan fingerprint density at radius 1 is 1.43 bits per heavy atom. The highest BCUT2D eigenvalue weighted by Gasteiger charge is 2.14. The second-order valence-corrected chi connectivity index (χ2v) is 6.53. The summed E-state index contributed by atoms with van der Waals surface area (Å²) in [5.41, 5.74) is 3.70. The fourth-order valence-electron chi connectivity index (χ4n) is 2.45. The van der Waals surface area contributed by atoms with Crippen LogP contribution in [0.4, 0.5) is 5.69 Å². The molecule has 2 aromatic heterocycles. The van der Waals surface area contributed by atoms with E-state index < -0.39 is 11.0 Å². The van der Waals surface area contributed by atoms with Crippen molar-refractivity contribution in [3.63, 3.8) is 0 Å². The van der Waals surface area contributed by atoms with E-state index in [1.54, 1.807) is 17.1 Å². The first kappa shape index (κ1) is 15.3. The number of H-pyrrole nitrogens is 1. The molecule has 1 aromatic carbocycles. The average molecular weight is 327 g/mol. The molecule has 6 nitrogen and oxygen atoms in total. The standard InChI is InChI=1S/C16H17N5OS/c1-11-4-5-13-14(8-11)18-10-16(13)23(22)20-15-9-19-21(12(15)2)7-3-6-17/h4-5,8-10,18,20H,3,7H2,1-2H3. The van der Waals surface area contributed by atoms with Gasteiger partial charge < -0.3 is 4.98 Å². The highest BCUT2D eigenvalue weighted by atomic mass is 32.2. The molecule has 0 fully saturated rings. The summed E-state index contributed by atoms with van der Waals surface area (Å²) in [7, 11) is -1.39. The van der Waals surface area contributed by atoms with E-state index in [0.717, 1.165) is 22.2 Å². The predicted octanol–water partition coefficient (Wildman–Crippen LogP) is 3.03. The molecule has 7 heteroatoms. The number of aromatic amines is 1. The van der Waals surface area contributed by atoms with Crippen molar-refractivity contribution in [1.29, 1.82) is 5.26 Å². The highest BCUT2D eigenvalue weighted by Crippen LogP contribution is 2.24. The lowest BCUT2D eigenvalue weighted by Crippen LogP contribution is -2.06. The van der Waals surface area contributed by atoms with Crippen molar-refractivity contribution in [2.45, 2.75) is 31.7 Å². The van der Waals surface area contributed by atoms with Gasteiger partial charge in [-0.2, -0.15) is 10.4 Å². The van der Waals surface area contributed by atoms with Gasteiger partial charge in [-0.25, -0.2) is 4.21 Å². The molecule has 2 N–H and O–H groups in total. The van der Waals surface area contributed by atoms with Crippen molar-refractivity contribution in [2.75, 3.05) is 4.72 Å². The molecular formula is C16H17N5OS. The maximum atomic E-state index is 12.6. The van der Waals surface area contributed by atoms with Crippen LogP contribution in [0.25, 0.3) is 10.9 Å². The summed E-state index contributed by atoms with van der Waals surface area (Å²) in [5.74, 6) is 0. The Labute approximate surface area is 136 Å². The second-order valence-electron chi connectivity index (χ2n) is 5.35. The lowest BCUT2D eigenvalue weighted by Gasteiger charge is -2.06. The van der Waals surface area contributed by atoms with Crippen molar-refractivity contribution in [3.8, 4) is 6.07 Å². The fourth-order valence-corrected chi connectivity index (χ4v) is 3.50. The molecule has 23 heavy (non-hydrogen) atoms. The lowest BCUT2D eigenvalue weighted by molar-refractivity contribution is 0.610. The van der Waals surface area contributed by atoms with E-state index in [1.165, 1.54) is 0 Å². The third-order valence-electron chi connectivity index (χ3n) is 3.74. The Morgan fingerprint density at radius 2 is 2.26 bits per heavy atom. The first-order chi connectivity index (χ1) is 11.1. The molecule has 3 aromatic rings. The average Bonchev–Trinajstić information content (AvgIpc) is 3.09. The van der Waals surface area contributed by atoms with E-state index in [0.29, 0.717) is 23.5 Å². The molecule has 0 radical (unpaired) electrons. The van der Waals surface area contributed by atoms with Gasteiger partial charge in [-0.15, -0.1) is 0 Å². The van der Waals surface area contributed by atoms with E-state index in [9.17, 15) is 4.21 Å². The summed E-state index contributed by atoms with van der Waals surface area (Å²) < 4.78 is 17.4. The molecule has 0 aliphatic heterocycles. The molecule has 2 heterocycles. The summed E-state index contributed by atoms with van der Waals surface area (Å²) in [5, 5.41) is 13.8. The molecule has 0 aliphatic carbocycles. The maximum absolute atomic E-state index is 12.6. The third kappa shape index (κ3) is 2.98. The molecule has 0 amide bonds. The van der Waals surface area contributed by atoms with Crippen LogP contribution in [0.3, 0.4) is 0 Å². The topological polar surface area (TPSA) is 86.5 Å². The van der Waals surface area contributed by atoms with Gasteiger partial charge in [0.2, 0.25) is 0 Å². The van der Waals surface area contributed by atoms with Gasteiger partial charge in [-0.3, -0.25) is 9.40 Å². The molecule has 0 bridgehead atoms. The van der Waals surface area contributed by atoms with Gasteiger partial charge in [0.1, 0.15) is 0 Å². The number of aromatic nitrogens is 3. The molecule has 0 spiro atoms. The number of hydrogen-bond donors (Lipinski definition) is 2. The first-order valence-corrected chi connectivity index (χ1v) is 8.40. The van der Waals surface area contributed by atoms with Crippen LogP contribution < -0.4 is 4.72 Å². The number of fused-ring (bicyclic) bond motifs is 1. The van der Waals surface area contributed by atoms with Crippen LogP contribution in [-0.2, 0) is 17.5 Å². The Bertz CT molecular complexity index is 918. The molecular weight excluding hydrogens is 310 g/mol. The second kappa shape index (κ2) is 6.26. The normalized spacial score (nSPS) is 12.2. The minimum Gasteiger partial charge on any atom is -0.360 e. The van der Waals surface area contributed by atoms with E-state index in [2.05, 4.69) is 20.9 Å². The third-order valence-corrected chi connectivity index (χ3v) is 4.88. The zero-order chi connectivity index (χ0) is 16.4. The number of rotatable bonds is 5. The molecule has 118 valence electrons. The Kier molecular flexibility index (Phi) is 4.17. The smallest absolute Gasteiger partial charge is 0.152 e. The van der Waals surface area contributed by atoms with E-state index in [1.807, 2.05) is 32.0 Å². The number of nitrogens with one attached hydrogen (secondary N) is 2. The first-order valence-electron chi connectivity index (χ1n) is 7.25. The van der Waals surface area contributed by atoms with Crippen molar-refractivity contribution in [3.05, 3.63) is 41.9 Å². The van der Waals surface area contributed by atoms with Gasteiger partial charge in [0.05, 0.1) is 41.5 Å². The van der Waals surface area contributed by atoms with Crippen molar-refractivity contribution in [2.24, 2.45) is 0 Å². The minimum atomic E-state index is -1.39. The van der Waals surface area contributed by atoms with E-state index >= 15 is 0 Å². The van der Waals surface area contributed by atoms with Crippen LogP contribution in [0.1, 0.15) is 17.7 Å². The van der Waals surface area contributed by atoms with Gasteiger partial charge >= 0.3 is 0 Å². The number of hydrogen-bond acceptors (Lipinski definition) is 3. The predicted molar refractivity (Wildman–Crippen MR) is 90.3 cm³/mol. The molecule has 0 aliphatic rings. The highest BCUT2D eigenvalue weighted by molar-refractivity contribution is 7.86. The number of nitriles is 1. The largest absolute Gasteiger partial charge is 0.360 e. The molecule has 0 saturated carbocycles. The zero-order valence-corrected chi connectivity index (χ0v) is 13.8. The van der Waals surface area contributed by atoms with Gasteiger partial charge in [0.25, 0.3) is 0 Å². The molecule has 0 saturated heterocycles. The van der Waals surface area contributed by atoms with Crippen molar-refractivity contribution in [1.82, 2.24) is 14.8 Å². The summed E-state index contributed by atoms with van der Waals surface area (Å²) in [6, 6.07) is 8.10. The maximum Gasteiger partial charge on any atom is 0.152 e. The summed E-state index contributed by atoms with van der Waals surface area (Å²) >= 11 is 0. The van der Waals surface area contributed by atoms with Crippen LogP contribution >= 0.6 is 0 Å². The fraction of sp³-hybridized carbons (Fsp3) is 0.250. The SMILES string of the molecule is Cc1ccc2c(S(=O)Nc3cnn(CCC#N)c3C)c[nH]c2c1. The Hall–Kier alpha value is -2.59. The number of anilines is 1. The van der Waals surface area contributed by atoms with E-state index in [4.69, 9.17) is 5.26 Å². The van der Waals surface area contributed by atoms with Gasteiger partial charge in [-0.05, 0) is 25.5 Å². The van der Waals surface area contributed by atoms with Gasteiger partial charge in [-0.1, -0.05) is 12.1 Å². The minimum absolute atomic E-state index is 0.396. The lowest BCUT2D eigenvalue weighted by atomic mass is 10.2. The monoisotopic (exact) mass is 327 g/mol. The van der Waals surface area contributed by atoms with Gasteiger partial charge in [0.15, 0.2) is 11.0 Å². The van der Waals surface area contributed by atoms with Crippen LogP contribution in [0.15, 0.2) is 35.5 Å². The number of benzene rings is 1. The molecule has 1 unspecified atom stereocenters. The Morgan fingerprint density at radius 3 is 3.04 bits per heavy atom. The summed E-state index contributed by atoms with van der Waals surface area (Å²) in [6.07, 6.45) is 3.80. The van der Waals surface area contributed by atoms with Crippen LogP contribution in [0.5, 0.6) is 0 Å². The van der Waals surface area contributed by atoms with Crippen molar-refractivity contribution >= 4 is 27.6 Å². The Balaban J connectivity index is 1.84. The van der Waals surface area contributed by atoms with Crippen molar-refractivity contribution < 1.29 is 4.21 Å². The number of aryl methyl sites for hydroxylation is 2. The molecule has 3 rings (SSSR count). The number of nitrogens with zero attached hydrogens (tertiary/aromatic N) is 3. The summed E-state index contributed by atoms with van der Waals surface area (Å²) in [4.78, 5) is 3.87. The van der Waals surface area contributed by atoms with Gasteiger partial charge in [0, 0.05) is 17.1 Å². The van der Waals surface area contributed by atoms with Crippen LogP contribution in [-0.4, -0.2) is 19.0 Å².